The van der Waals surface area contributed by atoms with Crippen molar-refractivity contribution in [1.82, 2.24) is 34.1 Å². The zero-order chi connectivity index (χ0) is 45.0. The van der Waals surface area contributed by atoms with E-state index in [0.717, 1.165) is 94.4 Å². The van der Waals surface area contributed by atoms with Gasteiger partial charge in [-0.3, -0.25) is 4.57 Å². The summed E-state index contributed by atoms with van der Waals surface area (Å²) in [4.78, 5) is 25.7. The molecule has 13 aromatic rings. The number of nitrogens with zero attached hydrogens (tertiary/aromatic N) is 7. The third-order valence-corrected chi connectivity index (χ3v) is 12.8. The second-order valence-electron chi connectivity index (χ2n) is 16.9. The van der Waals surface area contributed by atoms with E-state index < -0.39 is 0 Å². The molecule has 7 heteroatoms. The number of hydrogen-bond acceptors (Lipinski definition) is 5. The van der Waals surface area contributed by atoms with Crippen LogP contribution in [-0.4, -0.2) is 34.1 Å². The van der Waals surface area contributed by atoms with Gasteiger partial charge in [0, 0.05) is 55.4 Å². The molecular weight excluding hydrogens is 831 g/mol. The molecule has 4 heterocycles. The highest BCUT2D eigenvalue weighted by molar-refractivity contribution is 6.16. The van der Waals surface area contributed by atoms with Gasteiger partial charge in [-0.2, -0.15) is 0 Å². The van der Waals surface area contributed by atoms with E-state index in [0.29, 0.717) is 23.3 Å². The molecule has 0 spiro atoms. The lowest BCUT2D eigenvalue weighted by Gasteiger charge is -2.12. The number of rotatable bonds is 8. The van der Waals surface area contributed by atoms with Crippen LogP contribution in [0.3, 0.4) is 0 Å². The average molecular weight is 870 g/mol. The Kier molecular flexibility index (Phi) is 9.35. The first-order valence-electron chi connectivity index (χ1n) is 22.8. The molecule has 7 nitrogen and oxygen atoms in total. The van der Waals surface area contributed by atoms with Crippen LogP contribution in [0.2, 0.25) is 0 Å². The van der Waals surface area contributed by atoms with Crippen LogP contribution >= 0.6 is 0 Å². The van der Waals surface area contributed by atoms with Gasteiger partial charge in [0.1, 0.15) is 5.65 Å². The van der Waals surface area contributed by atoms with Crippen molar-refractivity contribution in [2.24, 2.45) is 0 Å². The van der Waals surface area contributed by atoms with Crippen LogP contribution in [0, 0.1) is 0 Å². The first-order chi connectivity index (χ1) is 33.7. The lowest BCUT2D eigenvalue weighted by Crippen LogP contribution is -2.01. The Labute approximate surface area is 392 Å². The molecule has 0 bridgehead atoms. The molecule has 0 unspecified atom stereocenters. The van der Waals surface area contributed by atoms with Crippen molar-refractivity contribution in [3.05, 3.63) is 237 Å². The zero-order valence-corrected chi connectivity index (χ0v) is 36.6. The molecule has 0 N–H and O–H groups in total. The number of benzene rings is 9. The van der Waals surface area contributed by atoms with E-state index in [1.807, 2.05) is 84.9 Å². The third-order valence-electron chi connectivity index (χ3n) is 12.8. The molecule has 0 aliphatic carbocycles. The van der Waals surface area contributed by atoms with Crippen LogP contribution in [-0.2, 0) is 0 Å². The van der Waals surface area contributed by atoms with Gasteiger partial charge in [-0.1, -0.05) is 182 Å². The molecule has 0 saturated carbocycles. The van der Waals surface area contributed by atoms with Crippen LogP contribution in [0.1, 0.15) is 0 Å². The van der Waals surface area contributed by atoms with E-state index >= 15 is 0 Å². The van der Waals surface area contributed by atoms with Gasteiger partial charge in [-0.15, -0.1) is 0 Å². The summed E-state index contributed by atoms with van der Waals surface area (Å²) in [6, 6.07) is 82.2. The minimum atomic E-state index is 0.615. The standard InChI is InChI=1S/C61H39N7/c1-6-19-40(20-7-1)56-55-51-39-45(34-36-54(51)68(47-28-14-5-15-29-47)61(55)66-57(62-56)41-21-8-2-9-22-41)44-33-35-53-50(38-44)49-31-16-17-32-52(49)67(53)48-30-18-27-46(37-48)60-64-58(42-23-10-3-11-24-42)63-59(65-60)43-25-12-4-13-26-43/h1-39H. The van der Waals surface area contributed by atoms with Gasteiger partial charge >= 0.3 is 0 Å². The number of fused-ring (bicyclic) bond motifs is 6. The fourth-order valence-corrected chi connectivity index (χ4v) is 9.60. The molecular formula is C61H39N7. The Morgan fingerprint density at radius 3 is 1.29 bits per heavy atom. The van der Waals surface area contributed by atoms with Crippen LogP contribution < -0.4 is 0 Å². The van der Waals surface area contributed by atoms with E-state index in [-0.39, 0.29) is 0 Å². The molecule has 0 radical (unpaired) electrons. The highest BCUT2D eigenvalue weighted by atomic mass is 15.1. The molecule has 13 rings (SSSR count). The van der Waals surface area contributed by atoms with Crippen molar-refractivity contribution >= 4 is 43.7 Å². The minimum absolute atomic E-state index is 0.615. The fourth-order valence-electron chi connectivity index (χ4n) is 9.60. The summed E-state index contributed by atoms with van der Waals surface area (Å²) in [5.41, 5.74) is 14.1. The Morgan fingerprint density at radius 2 is 0.691 bits per heavy atom. The number of aromatic nitrogens is 7. The Hall–Kier alpha value is -9.33. The zero-order valence-electron chi connectivity index (χ0n) is 36.6. The highest BCUT2D eigenvalue weighted by Gasteiger charge is 2.22. The maximum atomic E-state index is 5.35. The number of para-hydroxylation sites is 2. The van der Waals surface area contributed by atoms with Gasteiger partial charge in [0.2, 0.25) is 0 Å². The van der Waals surface area contributed by atoms with Crippen LogP contribution in [0.5, 0.6) is 0 Å². The Morgan fingerprint density at radius 1 is 0.250 bits per heavy atom. The lowest BCUT2D eigenvalue weighted by atomic mass is 9.99. The Balaban J connectivity index is 0.976. The average Bonchev–Trinajstić information content (AvgIpc) is 3.94. The van der Waals surface area contributed by atoms with E-state index in [1.54, 1.807) is 0 Å². The summed E-state index contributed by atoms with van der Waals surface area (Å²) in [6.07, 6.45) is 0. The molecule has 0 aliphatic rings. The van der Waals surface area contributed by atoms with E-state index in [4.69, 9.17) is 24.9 Å². The first-order valence-corrected chi connectivity index (χ1v) is 22.8. The summed E-state index contributed by atoms with van der Waals surface area (Å²) in [7, 11) is 0. The second-order valence-corrected chi connectivity index (χ2v) is 16.9. The maximum absolute atomic E-state index is 5.35. The summed E-state index contributed by atoms with van der Waals surface area (Å²) in [6.45, 7) is 0. The topological polar surface area (TPSA) is 74.3 Å². The van der Waals surface area contributed by atoms with Gasteiger partial charge in [-0.05, 0) is 65.7 Å². The number of hydrogen-bond donors (Lipinski definition) is 0. The summed E-state index contributed by atoms with van der Waals surface area (Å²) >= 11 is 0. The van der Waals surface area contributed by atoms with Crippen molar-refractivity contribution < 1.29 is 0 Å². The van der Waals surface area contributed by atoms with Crippen LogP contribution in [0.25, 0.3) is 123 Å². The lowest BCUT2D eigenvalue weighted by molar-refractivity contribution is 1.07. The van der Waals surface area contributed by atoms with Crippen molar-refractivity contribution in [3.63, 3.8) is 0 Å². The molecule has 0 fully saturated rings. The van der Waals surface area contributed by atoms with Crippen LogP contribution in [0.4, 0.5) is 0 Å². The smallest absolute Gasteiger partial charge is 0.164 e. The predicted molar refractivity (Wildman–Crippen MR) is 277 cm³/mol. The quantitative estimate of drug-likeness (QED) is 0.152. The molecule has 9 aromatic carbocycles. The SMILES string of the molecule is c1ccc(-c2nc(-c3ccccc3)nc(-c3cccc(-n4c5ccccc5c5cc(-c6ccc7c(c6)c6c(-c8ccccc8)nc(-c8ccccc8)nc6n7-c6ccccc6)ccc54)c3)n2)cc1. The fraction of sp³-hybridized carbons (Fsp3) is 0. The summed E-state index contributed by atoms with van der Waals surface area (Å²) in [5, 5.41) is 4.43. The molecule has 0 aliphatic heterocycles. The molecule has 4 aromatic heterocycles. The monoisotopic (exact) mass is 869 g/mol. The normalized spacial score (nSPS) is 11.5. The highest BCUT2D eigenvalue weighted by Crippen LogP contribution is 2.41. The molecule has 0 amide bonds. The van der Waals surface area contributed by atoms with Crippen LogP contribution in [0.15, 0.2) is 237 Å². The van der Waals surface area contributed by atoms with Gasteiger partial charge in [-0.25, -0.2) is 24.9 Å². The van der Waals surface area contributed by atoms with Crippen molar-refractivity contribution in [2.45, 2.75) is 0 Å². The first kappa shape index (κ1) is 39.1. The van der Waals surface area contributed by atoms with Crippen molar-refractivity contribution in [1.29, 1.82) is 0 Å². The van der Waals surface area contributed by atoms with E-state index in [2.05, 4.69) is 161 Å². The van der Waals surface area contributed by atoms with Gasteiger partial charge in [0.05, 0.1) is 27.6 Å². The van der Waals surface area contributed by atoms with Gasteiger partial charge in [0.25, 0.3) is 0 Å². The summed E-state index contributed by atoms with van der Waals surface area (Å²) < 4.78 is 4.63. The largest absolute Gasteiger partial charge is 0.309 e. The molecule has 68 heavy (non-hydrogen) atoms. The van der Waals surface area contributed by atoms with Crippen molar-refractivity contribution in [3.8, 4) is 79.3 Å². The Bertz CT molecular complexity index is 3940. The van der Waals surface area contributed by atoms with E-state index in [9.17, 15) is 0 Å². The maximum Gasteiger partial charge on any atom is 0.164 e. The minimum Gasteiger partial charge on any atom is -0.309 e. The van der Waals surface area contributed by atoms with Crippen molar-refractivity contribution in [2.75, 3.05) is 0 Å². The predicted octanol–water partition coefficient (Wildman–Crippen LogP) is 14.9. The molecule has 318 valence electrons. The van der Waals surface area contributed by atoms with Gasteiger partial charge in [0.15, 0.2) is 23.3 Å². The summed E-state index contributed by atoms with van der Waals surface area (Å²) in [5.74, 6) is 2.57. The molecule has 0 saturated heterocycles. The second kappa shape index (κ2) is 16.3. The van der Waals surface area contributed by atoms with Gasteiger partial charge < -0.3 is 4.57 Å². The third kappa shape index (κ3) is 6.72. The molecule has 0 atom stereocenters. The van der Waals surface area contributed by atoms with E-state index in [1.165, 1.54) is 5.39 Å².